The Kier molecular flexibility index (Phi) is 6.46. The quantitative estimate of drug-likeness (QED) is 0.824. The molecule has 0 aliphatic carbocycles. The lowest BCUT2D eigenvalue weighted by Gasteiger charge is -2.32. The summed E-state index contributed by atoms with van der Waals surface area (Å²) in [6, 6.07) is 1.98. The predicted octanol–water partition coefficient (Wildman–Crippen LogP) is 3.70. The Hall–Kier alpha value is -2.05. The SMILES string of the molecule is CC(C)NC(=O)C1CCN(C(=O)Nc2cc(C(C)(C)C)nn2C(C)(C)C)CC1. The molecule has 1 aromatic heterocycles. The van der Waals surface area contributed by atoms with E-state index in [9.17, 15) is 9.59 Å². The number of nitrogens with one attached hydrogen (secondary N) is 2. The van der Waals surface area contributed by atoms with Gasteiger partial charge < -0.3 is 10.2 Å². The first-order valence-corrected chi connectivity index (χ1v) is 10.3. The van der Waals surface area contributed by atoms with Crippen molar-refractivity contribution in [2.24, 2.45) is 5.92 Å². The minimum absolute atomic E-state index is 0.0148. The largest absolute Gasteiger partial charge is 0.354 e. The zero-order valence-corrected chi connectivity index (χ0v) is 18.7. The zero-order chi connectivity index (χ0) is 21.3. The van der Waals surface area contributed by atoms with Crippen molar-refractivity contribution in [2.45, 2.75) is 85.2 Å². The van der Waals surface area contributed by atoms with Gasteiger partial charge in [-0.15, -0.1) is 0 Å². The molecule has 0 radical (unpaired) electrons. The van der Waals surface area contributed by atoms with Gasteiger partial charge in [-0.1, -0.05) is 20.8 Å². The highest BCUT2D eigenvalue weighted by atomic mass is 16.2. The number of urea groups is 1. The molecular formula is C21H37N5O2. The topological polar surface area (TPSA) is 79.3 Å². The third-order valence-electron chi connectivity index (χ3n) is 4.93. The average molecular weight is 392 g/mol. The van der Waals surface area contributed by atoms with E-state index in [2.05, 4.69) is 52.2 Å². The van der Waals surface area contributed by atoms with Gasteiger partial charge in [0.25, 0.3) is 0 Å². The maximum Gasteiger partial charge on any atom is 0.323 e. The van der Waals surface area contributed by atoms with E-state index in [1.165, 1.54) is 0 Å². The van der Waals surface area contributed by atoms with E-state index in [0.29, 0.717) is 31.7 Å². The van der Waals surface area contributed by atoms with Gasteiger partial charge in [-0.25, -0.2) is 9.48 Å². The number of nitrogens with zero attached hydrogens (tertiary/aromatic N) is 3. The first-order chi connectivity index (χ1) is 12.8. The molecule has 1 aromatic rings. The number of hydrogen-bond donors (Lipinski definition) is 2. The number of anilines is 1. The number of aromatic nitrogens is 2. The molecule has 7 nitrogen and oxygen atoms in total. The third-order valence-corrected chi connectivity index (χ3v) is 4.93. The van der Waals surface area contributed by atoms with Crippen molar-refractivity contribution in [3.05, 3.63) is 11.8 Å². The number of likely N-dealkylation sites (tertiary alicyclic amines) is 1. The van der Waals surface area contributed by atoms with Gasteiger partial charge in [0.05, 0.1) is 11.2 Å². The molecule has 2 N–H and O–H groups in total. The molecule has 158 valence electrons. The summed E-state index contributed by atoms with van der Waals surface area (Å²) in [5.74, 6) is 0.789. The van der Waals surface area contributed by atoms with Gasteiger partial charge in [-0.3, -0.25) is 10.1 Å². The van der Waals surface area contributed by atoms with Crippen LogP contribution in [0.4, 0.5) is 10.6 Å². The first kappa shape index (κ1) is 22.2. The van der Waals surface area contributed by atoms with Gasteiger partial charge in [-0.2, -0.15) is 5.10 Å². The Labute approximate surface area is 169 Å². The number of piperidine rings is 1. The average Bonchev–Trinajstić information content (AvgIpc) is 2.98. The molecule has 1 aliphatic rings. The lowest BCUT2D eigenvalue weighted by Crippen LogP contribution is -2.46. The van der Waals surface area contributed by atoms with Crippen molar-refractivity contribution in [2.75, 3.05) is 18.4 Å². The molecule has 0 saturated carbocycles. The van der Waals surface area contributed by atoms with Crippen molar-refractivity contribution in [1.29, 1.82) is 0 Å². The third kappa shape index (κ3) is 5.49. The molecule has 0 aromatic carbocycles. The highest BCUT2D eigenvalue weighted by Crippen LogP contribution is 2.28. The molecule has 28 heavy (non-hydrogen) atoms. The zero-order valence-electron chi connectivity index (χ0n) is 18.7. The summed E-state index contributed by atoms with van der Waals surface area (Å²) in [5.41, 5.74) is 0.605. The van der Waals surface area contributed by atoms with Crippen LogP contribution in [-0.2, 0) is 15.7 Å². The van der Waals surface area contributed by atoms with Crippen molar-refractivity contribution in [1.82, 2.24) is 20.0 Å². The molecule has 0 atom stereocenters. The van der Waals surface area contributed by atoms with Gasteiger partial charge in [0.15, 0.2) is 0 Å². The molecule has 3 amide bonds. The minimum atomic E-state index is -0.242. The molecule has 0 bridgehead atoms. The van der Waals surface area contributed by atoms with Crippen LogP contribution in [0.1, 0.15) is 73.9 Å². The Morgan fingerprint density at radius 3 is 2.14 bits per heavy atom. The normalized spacial score (nSPS) is 16.4. The number of carbonyl (C=O) groups is 2. The first-order valence-electron chi connectivity index (χ1n) is 10.3. The molecule has 1 fully saturated rings. The van der Waals surface area contributed by atoms with E-state index < -0.39 is 0 Å². The van der Waals surface area contributed by atoms with Crippen LogP contribution < -0.4 is 10.6 Å². The van der Waals surface area contributed by atoms with Crippen molar-refractivity contribution in [3.8, 4) is 0 Å². The highest BCUT2D eigenvalue weighted by Gasteiger charge is 2.30. The lowest BCUT2D eigenvalue weighted by molar-refractivity contribution is -0.126. The second-order valence-corrected chi connectivity index (χ2v) is 10.1. The van der Waals surface area contributed by atoms with Gasteiger partial charge in [0.2, 0.25) is 5.91 Å². The fourth-order valence-corrected chi connectivity index (χ4v) is 3.28. The molecule has 0 unspecified atom stereocenters. The van der Waals surface area contributed by atoms with E-state index in [1.54, 1.807) is 4.90 Å². The summed E-state index contributed by atoms with van der Waals surface area (Å²) < 4.78 is 1.88. The van der Waals surface area contributed by atoms with Crippen LogP contribution in [0.3, 0.4) is 0 Å². The van der Waals surface area contributed by atoms with Crippen LogP contribution in [0.5, 0.6) is 0 Å². The molecule has 0 spiro atoms. The predicted molar refractivity (Wildman–Crippen MR) is 113 cm³/mol. The Bertz CT molecular complexity index is 701. The van der Waals surface area contributed by atoms with Gasteiger partial charge >= 0.3 is 6.03 Å². The van der Waals surface area contributed by atoms with E-state index in [-0.39, 0.29) is 34.9 Å². The lowest BCUT2D eigenvalue weighted by atomic mass is 9.92. The molecule has 2 rings (SSSR count). The molecule has 7 heteroatoms. The van der Waals surface area contributed by atoms with Crippen LogP contribution in [0.15, 0.2) is 6.07 Å². The second-order valence-electron chi connectivity index (χ2n) is 10.1. The fraction of sp³-hybridized carbons (Fsp3) is 0.762. The van der Waals surface area contributed by atoms with Crippen LogP contribution in [0, 0.1) is 5.92 Å². The molecule has 1 aliphatic heterocycles. The maximum absolute atomic E-state index is 12.8. The fourth-order valence-electron chi connectivity index (χ4n) is 3.28. The monoisotopic (exact) mass is 391 g/mol. The summed E-state index contributed by atoms with van der Waals surface area (Å²) in [4.78, 5) is 26.8. The highest BCUT2D eigenvalue weighted by molar-refractivity contribution is 5.89. The Morgan fingerprint density at radius 1 is 1.11 bits per heavy atom. The van der Waals surface area contributed by atoms with Crippen molar-refractivity contribution >= 4 is 17.8 Å². The van der Waals surface area contributed by atoms with Gasteiger partial charge in [-0.05, 0) is 47.5 Å². The number of rotatable bonds is 3. The summed E-state index contributed by atoms with van der Waals surface area (Å²) >= 11 is 0. The van der Waals surface area contributed by atoms with Gasteiger partial charge in [0.1, 0.15) is 5.82 Å². The van der Waals surface area contributed by atoms with Crippen LogP contribution >= 0.6 is 0 Å². The molecule has 2 heterocycles. The molecular weight excluding hydrogens is 354 g/mol. The van der Waals surface area contributed by atoms with E-state index in [0.717, 1.165) is 5.69 Å². The van der Waals surface area contributed by atoms with Crippen LogP contribution in [0.2, 0.25) is 0 Å². The van der Waals surface area contributed by atoms with E-state index >= 15 is 0 Å². The summed E-state index contributed by atoms with van der Waals surface area (Å²) in [6.07, 6.45) is 1.38. The maximum atomic E-state index is 12.8. The number of carbonyl (C=O) groups excluding carboxylic acids is 2. The molecule has 1 saturated heterocycles. The second kappa shape index (κ2) is 8.13. The summed E-state index contributed by atoms with van der Waals surface area (Å²) in [6.45, 7) is 17.6. The number of amides is 3. The van der Waals surface area contributed by atoms with Gasteiger partial charge in [0, 0.05) is 36.5 Å². The summed E-state index contributed by atoms with van der Waals surface area (Å²) in [7, 11) is 0. The number of hydrogen-bond acceptors (Lipinski definition) is 3. The van der Waals surface area contributed by atoms with Crippen molar-refractivity contribution < 1.29 is 9.59 Å². The Morgan fingerprint density at radius 2 is 1.68 bits per heavy atom. The standard InChI is InChI=1S/C21H37N5O2/c1-14(2)22-18(27)15-9-11-25(12-10-15)19(28)23-17-13-16(20(3,4)5)24-26(17)21(6,7)8/h13-15H,9-12H2,1-8H3,(H,22,27)(H,23,28). The minimum Gasteiger partial charge on any atom is -0.354 e. The van der Waals surface area contributed by atoms with Crippen LogP contribution in [0.25, 0.3) is 0 Å². The van der Waals surface area contributed by atoms with Crippen molar-refractivity contribution in [3.63, 3.8) is 0 Å². The summed E-state index contributed by atoms with van der Waals surface area (Å²) in [5, 5.41) is 10.8. The Balaban J connectivity index is 2.06. The van der Waals surface area contributed by atoms with E-state index in [4.69, 9.17) is 5.10 Å². The smallest absolute Gasteiger partial charge is 0.323 e. The van der Waals surface area contributed by atoms with E-state index in [1.807, 2.05) is 24.6 Å². The van der Waals surface area contributed by atoms with Crippen LogP contribution in [-0.4, -0.2) is 45.8 Å².